The molecule has 2 aromatic rings. The fraction of sp³-hybridized carbons (Fsp3) is 0.200. The zero-order chi connectivity index (χ0) is 12.8. The molecule has 3 heteroatoms. The van der Waals surface area contributed by atoms with Crippen molar-refractivity contribution in [3.8, 4) is 0 Å². The van der Waals surface area contributed by atoms with Gasteiger partial charge < -0.3 is 10.1 Å². The molecule has 1 atom stereocenters. The lowest BCUT2D eigenvalue weighted by Crippen LogP contribution is -2.16. The number of benzene rings is 2. The van der Waals surface area contributed by atoms with Gasteiger partial charge in [0, 0.05) is 17.8 Å². The molecule has 2 rings (SSSR count). The molecule has 0 amide bonds. The van der Waals surface area contributed by atoms with E-state index in [0.29, 0.717) is 6.61 Å². The standard InChI is InChI=1S/C15H16ClNO/c1-18-11-15(12-5-3-2-4-6-12)17-14-9-7-13(16)8-10-14/h2-10,15,17H,11H2,1H3. The Morgan fingerprint density at radius 2 is 1.72 bits per heavy atom. The van der Waals surface area contributed by atoms with Gasteiger partial charge in [0.2, 0.25) is 0 Å². The minimum Gasteiger partial charge on any atom is -0.382 e. The molecule has 0 bridgehead atoms. The zero-order valence-corrected chi connectivity index (χ0v) is 11.0. The highest BCUT2D eigenvalue weighted by atomic mass is 35.5. The van der Waals surface area contributed by atoms with Gasteiger partial charge in [-0.3, -0.25) is 0 Å². The summed E-state index contributed by atoms with van der Waals surface area (Å²) >= 11 is 5.87. The minimum atomic E-state index is 0.136. The van der Waals surface area contributed by atoms with E-state index in [1.165, 1.54) is 5.56 Å². The Morgan fingerprint density at radius 3 is 2.33 bits per heavy atom. The zero-order valence-electron chi connectivity index (χ0n) is 10.3. The molecule has 0 radical (unpaired) electrons. The van der Waals surface area contributed by atoms with Crippen LogP contribution in [0.2, 0.25) is 5.02 Å². The Morgan fingerprint density at radius 1 is 1.06 bits per heavy atom. The molecule has 0 aliphatic rings. The topological polar surface area (TPSA) is 21.3 Å². The van der Waals surface area contributed by atoms with Crippen molar-refractivity contribution in [3.63, 3.8) is 0 Å². The number of anilines is 1. The van der Waals surface area contributed by atoms with Crippen molar-refractivity contribution in [2.24, 2.45) is 0 Å². The van der Waals surface area contributed by atoms with Crippen LogP contribution in [0.4, 0.5) is 5.69 Å². The number of methoxy groups -OCH3 is 1. The molecule has 0 aliphatic carbocycles. The van der Waals surface area contributed by atoms with Gasteiger partial charge in [0.25, 0.3) is 0 Å². The van der Waals surface area contributed by atoms with Crippen LogP contribution in [0.25, 0.3) is 0 Å². The first-order chi connectivity index (χ1) is 8.79. The molecule has 0 saturated heterocycles. The predicted molar refractivity (Wildman–Crippen MR) is 76.1 cm³/mol. The number of rotatable bonds is 5. The maximum absolute atomic E-state index is 5.87. The summed E-state index contributed by atoms with van der Waals surface area (Å²) in [6.07, 6.45) is 0. The van der Waals surface area contributed by atoms with E-state index in [1.807, 2.05) is 42.5 Å². The van der Waals surface area contributed by atoms with Crippen LogP contribution in [0, 0.1) is 0 Å². The van der Waals surface area contributed by atoms with E-state index in [0.717, 1.165) is 10.7 Å². The van der Waals surface area contributed by atoms with E-state index in [2.05, 4.69) is 17.4 Å². The molecular weight excluding hydrogens is 246 g/mol. The molecule has 94 valence electrons. The van der Waals surface area contributed by atoms with E-state index in [9.17, 15) is 0 Å². The molecule has 2 aromatic carbocycles. The predicted octanol–water partition coefficient (Wildman–Crippen LogP) is 4.14. The van der Waals surface area contributed by atoms with Crippen molar-refractivity contribution in [2.45, 2.75) is 6.04 Å². The third kappa shape index (κ3) is 3.49. The Labute approximate surface area is 113 Å². The molecule has 18 heavy (non-hydrogen) atoms. The fourth-order valence-electron chi connectivity index (χ4n) is 1.82. The van der Waals surface area contributed by atoms with Gasteiger partial charge in [0.1, 0.15) is 0 Å². The summed E-state index contributed by atoms with van der Waals surface area (Å²) in [4.78, 5) is 0. The monoisotopic (exact) mass is 261 g/mol. The summed E-state index contributed by atoms with van der Waals surface area (Å²) < 4.78 is 5.27. The van der Waals surface area contributed by atoms with Gasteiger partial charge in [-0.05, 0) is 29.8 Å². The number of ether oxygens (including phenoxy) is 1. The summed E-state index contributed by atoms with van der Waals surface area (Å²) in [6, 6.07) is 18.1. The molecule has 1 unspecified atom stereocenters. The van der Waals surface area contributed by atoms with E-state index in [-0.39, 0.29) is 6.04 Å². The summed E-state index contributed by atoms with van der Waals surface area (Å²) in [5.74, 6) is 0. The fourth-order valence-corrected chi connectivity index (χ4v) is 1.95. The summed E-state index contributed by atoms with van der Waals surface area (Å²) in [5, 5.41) is 4.18. The maximum Gasteiger partial charge on any atom is 0.0747 e. The molecule has 0 aliphatic heterocycles. The van der Waals surface area contributed by atoms with Crippen molar-refractivity contribution >= 4 is 17.3 Å². The van der Waals surface area contributed by atoms with Gasteiger partial charge in [0.05, 0.1) is 12.6 Å². The summed E-state index contributed by atoms with van der Waals surface area (Å²) in [7, 11) is 1.71. The van der Waals surface area contributed by atoms with Crippen molar-refractivity contribution in [1.82, 2.24) is 0 Å². The van der Waals surface area contributed by atoms with Crippen LogP contribution in [0.5, 0.6) is 0 Å². The maximum atomic E-state index is 5.87. The van der Waals surface area contributed by atoms with Crippen LogP contribution in [0.3, 0.4) is 0 Å². The van der Waals surface area contributed by atoms with Gasteiger partial charge in [-0.25, -0.2) is 0 Å². The van der Waals surface area contributed by atoms with E-state index >= 15 is 0 Å². The van der Waals surface area contributed by atoms with Crippen molar-refractivity contribution < 1.29 is 4.74 Å². The van der Waals surface area contributed by atoms with Crippen LogP contribution in [-0.2, 0) is 4.74 Å². The highest BCUT2D eigenvalue weighted by Crippen LogP contribution is 2.21. The summed E-state index contributed by atoms with van der Waals surface area (Å²) in [5.41, 5.74) is 2.24. The Bertz CT molecular complexity index is 470. The number of halogens is 1. The van der Waals surface area contributed by atoms with Gasteiger partial charge >= 0.3 is 0 Å². The van der Waals surface area contributed by atoms with Gasteiger partial charge in [-0.15, -0.1) is 0 Å². The van der Waals surface area contributed by atoms with Gasteiger partial charge in [0.15, 0.2) is 0 Å². The third-order valence-electron chi connectivity index (χ3n) is 2.72. The third-order valence-corrected chi connectivity index (χ3v) is 2.97. The molecule has 0 aromatic heterocycles. The van der Waals surface area contributed by atoms with Crippen LogP contribution in [-0.4, -0.2) is 13.7 Å². The second-order valence-corrected chi connectivity index (χ2v) is 4.51. The average molecular weight is 262 g/mol. The largest absolute Gasteiger partial charge is 0.382 e. The molecule has 0 fully saturated rings. The number of hydrogen-bond acceptors (Lipinski definition) is 2. The number of hydrogen-bond donors (Lipinski definition) is 1. The Kier molecular flexibility index (Phi) is 4.62. The highest BCUT2D eigenvalue weighted by molar-refractivity contribution is 6.30. The highest BCUT2D eigenvalue weighted by Gasteiger charge is 2.10. The quantitative estimate of drug-likeness (QED) is 0.873. The first kappa shape index (κ1) is 12.9. The van der Waals surface area contributed by atoms with Crippen LogP contribution in [0.1, 0.15) is 11.6 Å². The average Bonchev–Trinajstić information content (AvgIpc) is 2.42. The van der Waals surface area contributed by atoms with Crippen LogP contribution in [0.15, 0.2) is 54.6 Å². The van der Waals surface area contributed by atoms with Crippen molar-refractivity contribution in [1.29, 1.82) is 0 Å². The van der Waals surface area contributed by atoms with E-state index in [1.54, 1.807) is 7.11 Å². The smallest absolute Gasteiger partial charge is 0.0747 e. The van der Waals surface area contributed by atoms with E-state index in [4.69, 9.17) is 16.3 Å². The van der Waals surface area contributed by atoms with Crippen molar-refractivity contribution in [2.75, 3.05) is 19.0 Å². The molecule has 1 N–H and O–H groups in total. The lowest BCUT2D eigenvalue weighted by molar-refractivity contribution is 0.186. The van der Waals surface area contributed by atoms with Crippen molar-refractivity contribution in [3.05, 3.63) is 65.2 Å². The van der Waals surface area contributed by atoms with Gasteiger partial charge in [-0.2, -0.15) is 0 Å². The minimum absolute atomic E-state index is 0.136. The SMILES string of the molecule is COCC(Nc1ccc(Cl)cc1)c1ccccc1. The van der Waals surface area contributed by atoms with Crippen LogP contribution >= 0.6 is 11.6 Å². The normalized spacial score (nSPS) is 12.1. The Balaban J connectivity index is 2.14. The first-order valence-corrected chi connectivity index (χ1v) is 6.23. The lowest BCUT2D eigenvalue weighted by Gasteiger charge is -2.19. The molecule has 2 nitrogen and oxygen atoms in total. The molecule has 0 saturated carbocycles. The van der Waals surface area contributed by atoms with Gasteiger partial charge in [-0.1, -0.05) is 41.9 Å². The molecule has 0 heterocycles. The van der Waals surface area contributed by atoms with E-state index < -0.39 is 0 Å². The lowest BCUT2D eigenvalue weighted by atomic mass is 10.1. The molecule has 0 spiro atoms. The first-order valence-electron chi connectivity index (χ1n) is 5.85. The second-order valence-electron chi connectivity index (χ2n) is 4.07. The Hall–Kier alpha value is -1.51. The summed E-state index contributed by atoms with van der Waals surface area (Å²) in [6.45, 7) is 0.618. The van der Waals surface area contributed by atoms with Crippen LogP contribution < -0.4 is 5.32 Å². The molecular formula is C15H16ClNO. The number of nitrogens with one attached hydrogen (secondary N) is 1. The second kappa shape index (κ2) is 6.43.